The van der Waals surface area contributed by atoms with Gasteiger partial charge >= 0.3 is 5.97 Å². The monoisotopic (exact) mass is 407 g/mol. The zero-order chi connectivity index (χ0) is 17.7. The lowest BCUT2D eigenvalue weighted by atomic mass is 10.1. The van der Waals surface area contributed by atoms with Crippen molar-refractivity contribution in [3.63, 3.8) is 0 Å². The number of aryl methyl sites for hydroxylation is 2. The fourth-order valence-electron chi connectivity index (χ4n) is 2.13. The van der Waals surface area contributed by atoms with Crippen LogP contribution in [0.2, 0.25) is 0 Å². The molecule has 0 aliphatic heterocycles. The van der Waals surface area contributed by atoms with Crippen LogP contribution in [0.5, 0.6) is 0 Å². The van der Waals surface area contributed by atoms with E-state index >= 15 is 0 Å². The summed E-state index contributed by atoms with van der Waals surface area (Å²) in [6.07, 6.45) is -1.06. The number of rotatable bonds is 6. The normalized spacial score (nSPS) is 11.8. The first kappa shape index (κ1) is 18.5. The number of thioether (sulfide) groups is 1. The van der Waals surface area contributed by atoms with Crippen LogP contribution in [-0.4, -0.2) is 17.6 Å². The van der Waals surface area contributed by atoms with Crippen molar-refractivity contribution in [1.29, 1.82) is 0 Å². The lowest BCUT2D eigenvalue weighted by Crippen LogP contribution is -2.26. The molecular formula is C18H18BrNO3S. The smallest absolute Gasteiger partial charge is 0.317 e. The minimum Gasteiger partial charge on any atom is -0.447 e. The van der Waals surface area contributed by atoms with Crippen LogP contribution >= 0.6 is 27.7 Å². The Balaban J connectivity index is 2.02. The van der Waals surface area contributed by atoms with E-state index in [0.717, 1.165) is 20.5 Å². The van der Waals surface area contributed by atoms with Crippen molar-refractivity contribution in [3.05, 3.63) is 63.6 Å². The van der Waals surface area contributed by atoms with Gasteiger partial charge in [-0.2, -0.15) is 0 Å². The fourth-order valence-corrected chi connectivity index (χ4v) is 3.48. The molecule has 0 spiro atoms. The highest BCUT2D eigenvalue weighted by molar-refractivity contribution is 9.10. The summed E-state index contributed by atoms with van der Waals surface area (Å²) in [4.78, 5) is 24.7. The summed E-state index contributed by atoms with van der Waals surface area (Å²) in [5, 5.41) is 0. The molecule has 1 atom stereocenters. The molecule has 0 aromatic heterocycles. The number of esters is 1. The molecule has 4 nitrogen and oxygen atoms in total. The summed E-state index contributed by atoms with van der Waals surface area (Å²) >= 11 is 4.86. The van der Waals surface area contributed by atoms with Crippen LogP contribution in [0, 0.1) is 13.8 Å². The highest BCUT2D eigenvalue weighted by Gasteiger charge is 2.22. The first-order chi connectivity index (χ1) is 11.4. The Bertz CT molecular complexity index is 749. The van der Waals surface area contributed by atoms with Gasteiger partial charge in [-0.05, 0) is 37.1 Å². The van der Waals surface area contributed by atoms with Crippen molar-refractivity contribution in [2.45, 2.75) is 24.8 Å². The van der Waals surface area contributed by atoms with E-state index in [2.05, 4.69) is 15.9 Å². The summed E-state index contributed by atoms with van der Waals surface area (Å²) in [6.45, 7) is 3.97. The van der Waals surface area contributed by atoms with Crippen molar-refractivity contribution >= 4 is 39.6 Å². The van der Waals surface area contributed by atoms with Crippen molar-refractivity contribution in [1.82, 2.24) is 0 Å². The number of carbonyl (C=O) groups excluding carboxylic acids is 2. The summed E-state index contributed by atoms with van der Waals surface area (Å²) < 4.78 is 6.30. The van der Waals surface area contributed by atoms with Crippen molar-refractivity contribution in [2.75, 3.05) is 5.75 Å². The van der Waals surface area contributed by atoms with Crippen LogP contribution in [0.4, 0.5) is 0 Å². The molecule has 0 saturated heterocycles. The van der Waals surface area contributed by atoms with Gasteiger partial charge in [-0.25, -0.2) is 0 Å². The largest absolute Gasteiger partial charge is 0.447 e. The van der Waals surface area contributed by atoms with Crippen LogP contribution in [0.15, 0.2) is 51.8 Å². The molecule has 0 aliphatic carbocycles. The third-order valence-electron chi connectivity index (χ3n) is 3.41. The molecule has 0 aliphatic rings. The molecule has 2 aromatic rings. The van der Waals surface area contributed by atoms with Crippen LogP contribution in [0.3, 0.4) is 0 Å². The van der Waals surface area contributed by atoms with E-state index in [1.54, 1.807) is 24.3 Å². The van der Waals surface area contributed by atoms with Gasteiger partial charge in [0.15, 0.2) is 0 Å². The predicted octanol–water partition coefficient (Wildman–Crippen LogP) is 3.93. The lowest BCUT2D eigenvalue weighted by Gasteiger charge is -2.15. The molecule has 0 saturated carbocycles. The average Bonchev–Trinajstić information content (AvgIpc) is 2.55. The number of amides is 1. The second kappa shape index (κ2) is 8.35. The van der Waals surface area contributed by atoms with E-state index in [-0.39, 0.29) is 5.75 Å². The van der Waals surface area contributed by atoms with Crippen molar-refractivity contribution < 1.29 is 14.3 Å². The number of benzene rings is 2. The zero-order valence-electron chi connectivity index (χ0n) is 13.4. The van der Waals surface area contributed by atoms with Gasteiger partial charge in [0.25, 0.3) is 5.91 Å². The summed E-state index contributed by atoms with van der Waals surface area (Å²) in [5.41, 5.74) is 8.09. The van der Waals surface area contributed by atoms with Crippen LogP contribution in [-0.2, 0) is 14.3 Å². The topological polar surface area (TPSA) is 69.4 Å². The van der Waals surface area contributed by atoms with Crippen molar-refractivity contribution in [2.24, 2.45) is 5.73 Å². The van der Waals surface area contributed by atoms with E-state index < -0.39 is 18.0 Å². The molecule has 0 bridgehead atoms. The van der Waals surface area contributed by atoms with Gasteiger partial charge in [0.05, 0.1) is 5.75 Å². The van der Waals surface area contributed by atoms with Gasteiger partial charge in [0, 0.05) is 14.9 Å². The van der Waals surface area contributed by atoms with Crippen LogP contribution in [0.1, 0.15) is 22.8 Å². The minimum absolute atomic E-state index is 0.110. The number of carbonyl (C=O) groups is 2. The number of hydrogen-bond donors (Lipinski definition) is 1. The van der Waals surface area contributed by atoms with Crippen LogP contribution < -0.4 is 5.73 Å². The van der Waals surface area contributed by atoms with Gasteiger partial charge in [0.2, 0.25) is 6.10 Å². The molecule has 0 fully saturated rings. The van der Waals surface area contributed by atoms with E-state index in [1.165, 1.54) is 11.8 Å². The third-order valence-corrected chi connectivity index (χ3v) is 5.40. The van der Waals surface area contributed by atoms with Gasteiger partial charge in [-0.1, -0.05) is 46.3 Å². The summed E-state index contributed by atoms with van der Waals surface area (Å²) in [6, 6.07) is 12.8. The zero-order valence-corrected chi connectivity index (χ0v) is 15.8. The van der Waals surface area contributed by atoms with E-state index in [9.17, 15) is 9.59 Å². The minimum atomic E-state index is -1.06. The molecule has 2 aromatic carbocycles. The molecule has 2 N–H and O–H groups in total. The maximum Gasteiger partial charge on any atom is 0.317 e. The highest BCUT2D eigenvalue weighted by Crippen LogP contribution is 2.29. The highest BCUT2D eigenvalue weighted by atomic mass is 79.9. The summed E-state index contributed by atoms with van der Waals surface area (Å²) in [7, 11) is 0. The average molecular weight is 408 g/mol. The molecule has 24 heavy (non-hydrogen) atoms. The van der Waals surface area contributed by atoms with Gasteiger partial charge in [-0.3, -0.25) is 9.59 Å². The SMILES string of the molecule is Cc1cc(SCC(=O)O[C@@H](C(N)=O)c2ccccc2)c(C)cc1Br. The fraction of sp³-hybridized carbons (Fsp3) is 0.222. The Kier molecular flexibility index (Phi) is 6.45. The quantitative estimate of drug-likeness (QED) is 0.581. The second-order valence-corrected chi connectivity index (χ2v) is 7.21. The van der Waals surface area contributed by atoms with E-state index in [1.807, 2.05) is 32.0 Å². The maximum atomic E-state index is 12.1. The Labute approximate surface area is 153 Å². The van der Waals surface area contributed by atoms with Gasteiger partial charge < -0.3 is 10.5 Å². The van der Waals surface area contributed by atoms with E-state index in [0.29, 0.717) is 5.56 Å². The number of hydrogen-bond acceptors (Lipinski definition) is 4. The maximum absolute atomic E-state index is 12.1. The Morgan fingerprint density at radius 2 is 1.83 bits per heavy atom. The number of ether oxygens (including phenoxy) is 1. The van der Waals surface area contributed by atoms with Gasteiger partial charge in [0.1, 0.15) is 0 Å². The summed E-state index contributed by atoms with van der Waals surface area (Å²) in [5.74, 6) is -1.05. The van der Waals surface area contributed by atoms with Crippen molar-refractivity contribution in [3.8, 4) is 0 Å². The number of primary amides is 1. The molecule has 2 rings (SSSR count). The molecule has 1 amide bonds. The van der Waals surface area contributed by atoms with Gasteiger partial charge in [-0.15, -0.1) is 11.8 Å². The number of halogens is 1. The van der Waals surface area contributed by atoms with E-state index in [4.69, 9.17) is 10.5 Å². The molecule has 0 radical (unpaired) electrons. The second-order valence-electron chi connectivity index (χ2n) is 5.34. The Morgan fingerprint density at radius 3 is 2.46 bits per heavy atom. The first-order valence-electron chi connectivity index (χ1n) is 7.31. The third kappa shape index (κ3) is 4.85. The first-order valence-corrected chi connectivity index (χ1v) is 9.09. The standard InChI is InChI=1S/C18H18BrNO3S/c1-11-9-15(12(2)8-14(11)19)24-10-16(21)23-17(18(20)22)13-6-4-3-5-7-13/h3-9,17H,10H2,1-2H3,(H2,20,22)/t17-/m1/s1. The number of nitrogens with two attached hydrogens (primary N) is 1. The molecule has 0 unspecified atom stereocenters. The molecule has 6 heteroatoms. The Morgan fingerprint density at radius 1 is 1.17 bits per heavy atom. The Hall–Kier alpha value is -1.79. The molecule has 0 heterocycles. The lowest BCUT2D eigenvalue weighted by molar-refractivity contribution is -0.152. The molecule has 126 valence electrons. The van der Waals surface area contributed by atoms with Crippen LogP contribution in [0.25, 0.3) is 0 Å². The molecular weight excluding hydrogens is 390 g/mol. The predicted molar refractivity (Wildman–Crippen MR) is 98.8 cm³/mol.